The minimum atomic E-state index is -0.0193. The first-order chi connectivity index (χ1) is 15.7. The fourth-order valence-electron chi connectivity index (χ4n) is 4.76. The molecule has 0 bridgehead atoms. The van der Waals surface area contributed by atoms with E-state index in [1.807, 2.05) is 29.3 Å². The summed E-state index contributed by atoms with van der Waals surface area (Å²) in [5, 5.41) is 10.1. The van der Waals surface area contributed by atoms with Gasteiger partial charge >= 0.3 is 0 Å². The molecule has 9 nitrogen and oxygen atoms in total. The molecule has 0 saturated carbocycles. The van der Waals surface area contributed by atoms with E-state index < -0.39 is 0 Å². The molecule has 0 unspecified atom stereocenters. The molecule has 2 aromatic rings. The molecule has 2 aromatic heterocycles. The number of piperidine rings is 2. The van der Waals surface area contributed by atoms with Gasteiger partial charge in [-0.05, 0) is 37.8 Å². The van der Waals surface area contributed by atoms with Crippen LogP contribution in [0.4, 0.5) is 16.1 Å². The van der Waals surface area contributed by atoms with Crippen LogP contribution in [0.5, 0.6) is 0 Å². The van der Waals surface area contributed by atoms with Gasteiger partial charge in [0, 0.05) is 58.4 Å². The van der Waals surface area contributed by atoms with Crippen LogP contribution in [0.15, 0.2) is 24.4 Å². The first-order valence-electron chi connectivity index (χ1n) is 11.5. The average molecular weight is 456 g/mol. The number of aromatic nitrogens is 3. The van der Waals surface area contributed by atoms with Crippen LogP contribution >= 0.6 is 11.3 Å². The Morgan fingerprint density at radius 1 is 0.938 bits per heavy atom. The standard InChI is InChI=1S/C22H29N7O2S/c30-19-8-2-4-11-29(19)22-25-24-21(32-22)28-10-5-6-17(16-28)20(31)27-14-12-26(13-15-27)18-7-1-3-9-23-18/h1,3,7,9,17H,2,4-6,8,10-16H2/t17-/m0/s1. The van der Waals surface area contributed by atoms with Crippen LogP contribution in [0.3, 0.4) is 0 Å². The van der Waals surface area contributed by atoms with E-state index in [1.165, 1.54) is 11.3 Å². The molecule has 3 aliphatic rings. The van der Waals surface area contributed by atoms with Crippen molar-refractivity contribution in [2.24, 2.45) is 5.92 Å². The number of piperazine rings is 1. The Balaban J connectivity index is 1.18. The molecule has 10 heteroatoms. The first-order valence-corrected chi connectivity index (χ1v) is 12.3. The highest BCUT2D eigenvalue weighted by Gasteiger charge is 2.33. The Labute approximate surface area is 192 Å². The van der Waals surface area contributed by atoms with Crippen molar-refractivity contribution in [2.75, 3.05) is 60.5 Å². The summed E-state index contributed by atoms with van der Waals surface area (Å²) in [6.07, 6.45) is 6.22. The normalized spacial score (nSPS) is 22.4. The highest BCUT2D eigenvalue weighted by atomic mass is 32.1. The summed E-state index contributed by atoms with van der Waals surface area (Å²) in [5.41, 5.74) is 0. The van der Waals surface area contributed by atoms with Crippen LogP contribution in [0.2, 0.25) is 0 Å². The monoisotopic (exact) mass is 455 g/mol. The number of carbonyl (C=O) groups is 2. The van der Waals surface area contributed by atoms with Gasteiger partial charge in [-0.25, -0.2) is 4.98 Å². The summed E-state index contributed by atoms with van der Waals surface area (Å²) in [7, 11) is 0. The molecule has 3 saturated heterocycles. The summed E-state index contributed by atoms with van der Waals surface area (Å²) in [5.74, 6) is 1.33. The molecule has 32 heavy (non-hydrogen) atoms. The minimum absolute atomic E-state index is 0.0193. The number of hydrogen-bond donors (Lipinski definition) is 0. The molecule has 3 aliphatic heterocycles. The van der Waals surface area contributed by atoms with Crippen LogP contribution in [-0.4, -0.2) is 77.7 Å². The van der Waals surface area contributed by atoms with E-state index in [9.17, 15) is 9.59 Å². The lowest BCUT2D eigenvalue weighted by Crippen LogP contribution is -2.52. The quantitative estimate of drug-likeness (QED) is 0.697. The van der Waals surface area contributed by atoms with Gasteiger partial charge in [-0.1, -0.05) is 17.4 Å². The van der Waals surface area contributed by atoms with Gasteiger partial charge in [-0.15, -0.1) is 10.2 Å². The van der Waals surface area contributed by atoms with Gasteiger partial charge in [-0.3, -0.25) is 14.5 Å². The molecule has 5 rings (SSSR count). The van der Waals surface area contributed by atoms with E-state index in [0.29, 0.717) is 18.1 Å². The summed E-state index contributed by atoms with van der Waals surface area (Å²) in [6, 6.07) is 5.93. The van der Waals surface area contributed by atoms with Crippen molar-refractivity contribution in [3.8, 4) is 0 Å². The molecule has 5 heterocycles. The molecular formula is C22H29N7O2S. The predicted octanol–water partition coefficient (Wildman–Crippen LogP) is 2.02. The molecule has 0 radical (unpaired) electrons. The van der Waals surface area contributed by atoms with Crippen molar-refractivity contribution >= 4 is 39.2 Å². The summed E-state index contributed by atoms with van der Waals surface area (Å²) >= 11 is 1.47. The van der Waals surface area contributed by atoms with Crippen molar-refractivity contribution < 1.29 is 9.59 Å². The zero-order valence-electron chi connectivity index (χ0n) is 18.2. The summed E-state index contributed by atoms with van der Waals surface area (Å²) in [6.45, 7) is 5.34. The minimum Gasteiger partial charge on any atom is -0.353 e. The van der Waals surface area contributed by atoms with Gasteiger partial charge in [0.2, 0.25) is 22.1 Å². The van der Waals surface area contributed by atoms with E-state index in [4.69, 9.17) is 0 Å². The zero-order valence-corrected chi connectivity index (χ0v) is 19.0. The van der Waals surface area contributed by atoms with Crippen molar-refractivity contribution in [3.05, 3.63) is 24.4 Å². The van der Waals surface area contributed by atoms with Gasteiger partial charge in [0.25, 0.3) is 0 Å². The molecular weight excluding hydrogens is 426 g/mol. The van der Waals surface area contributed by atoms with Gasteiger partial charge in [0.05, 0.1) is 5.92 Å². The van der Waals surface area contributed by atoms with Crippen LogP contribution in [-0.2, 0) is 9.59 Å². The Bertz CT molecular complexity index is 945. The second-order valence-corrected chi connectivity index (χ2v) is 9.59. The van der Waals surface area contributed by atoms with E-state index in [1.54, 1.807) is 4.90 Å². The van der Waals surface area contributed by atoms with E-state index in [2.05, 4.69) is 25.0 Å². The number of nitrogens with zero attached hydrogens (tertiary/aromatic N) is 7. The number of anilines is 3. The van der Waals surface area contributed by atoms with E-state index in [-0.39, 0.29) is 17.7 Å². The van der Waals surface area contributed by atoms with E-state index in [0.717, 1.165) is 75.9 Å². The number of carbonyl (C=O) groups excluding carboxylic acids is 2. The Hall–Kier alpha value is -2.75. The maximum atomic E-state index is 13.2. The zero-order chi connectivity index (χ0) is 21.9. The highest BCUT2D eigenvalue weighted by Crippen LogP contribution is 2.32. The predicted molar refractivity (Wildman–Crippen MR) is 124 cm³/mol. The third-order valence-corrected chi connectivity index (χ3v) is 7.57. The Kier molecular flexibility index (Phi) is 6.20. The third kappa shape index (κ3) is 4.41. The maximum Gasteiger partial charge on any atom is 0.228 e. The fourth-order valence-corrected chi connectivity index (χ4v) is 5.69. The average Bonchev–Trinajstić information content (AvgIpc) is 3.35. The number of amides is 2. The Morgan fingerprint density at radius 2 is 1.78 bits per heavy atom. The van der Waals surface area contributed by atoms with Gasteiger partial charge < -0.3 is 14.7 Å². The molecule has 1 atom stereocenters. The molecule has 0 aliphatic carbocycles. The number of hydrogen-bond acceptors (Lipinski definition) is 8. The second kappa shape index (κ2) is 9.40. The second-order valence-electron chi connectivity index (χ2n) is 8.66. The van der Waals surface area contributed by atoms with E-state index >= 15 is 0 Å². The summed E-state index contributed by atoms with van der Waals surface area (Å²) in [4.78, 5) is 38.1. The number of pyridine rings is 1. The largest absolute Gasteiger partial charge is 0.353 e. The van der Waals surface area contributed by atoms with Crippen molar-refractivity contribution in [3.63, 3.8) is 0 Å². The molecule has 170 valence electrons. The van der Waals surface area contributed by atoms with Crippen LogP contribution in [0, 0.1) is 5.92 Å². The maximum absolute atomic E-state index is 13.2. The molecule has 0 N–H and O–H groups in total. The summed E-state index contributed by atoms with van der Waals surface area (Å²) < 4.78 is 0. The third-order valence-electron chi connectivity index (χ3n) is 6.56. The SMILES string of the molecule is O=C([C@H]1CCCN(c2nnc(N3CCCCC3=O)s2)C1)N1CCN(c2ccccn2)CC1. The highest BCUT2D eigenvalue weighted by molar-refractivity contribution is 7.19. The van der Waals surface area contributed by atoms with Gasteiger partial charge in [-0.2, -0.15) is 0 Å². The molecule has 2 amide bonds. The lowest BCUT2D eigenvalue weighted by atomic mass is 9.96. The van der Waals surface area contributed by atoms with Crippen LogP contribution in [0.1, 0.15) is 32.1 Å². The van der Waals surface area contributed by atoms with Crippen molar-refractivity contribution in [1.29, 1.82) is 0 Å². The molecule has 3 fully saturated rings. The van der Waals surface area contributed by atoms with Crippen molar-refractivity contribution in [1.82, 2.24) is 20.1 Å². The van der Waals surface area contributed by atoms with Gasteiger partial charge in [0.15, 0.2) is 0 Å². The first kappa shape index (κ1) is 21.1. The van der Waals surface area contributed by atoms with Crippen molar-refractivity contribution in [2.45, 2.75) is 32.1 Å². The topological polar surface area (TPSA) is 85.8 Å². The van der Waals surface area contributed by atoms with Crippen LogP contribution in [0.25, 0.3) is 0 Å². The van der Waals surface area contributed by atoms with Gasteiger partial charge in [0.1, 0.15) is 5.82 Å². The lowest BCUT2D eigenvalue weighted by molar-refractivity contribution is -0.136. The fraction of sp³-hybridized carbons (Fsp3) is 0.591. The lowest BCUT2D eigenvalue weighted by Gasteiger charge is -2.39. The van der Waals surface area contributed by atoms with Crippen LogP contribution < -0.4 is 14.7 Å². The molecule has 0 spiro atoms. The smallest absolute Gasteiger partial charge is 0.228 e. The molecule has 0 aromatic carbocycles. The Morgan fingerprint density at radius 3 is 2.56 bits per heavy atom. The number of rotatable bonds is 4.